The lowest BCUT2D eigenvalue weighted by Crippen LogP contribution is -2.25. The molecule has 0 aromatic heterocycles. The third-order valence-electron chi connectivity index (χ3n) is 3.24. The molecule has 0 aliphatic rings. The van der Waals surface area contributed by atoms with E-state index in [1.54, 1.807) is 11.8 Å². The number of phenolic OH excluding ortho intramolecular Hbond substituents is 1. The number of Topliss-reactive ketones (excluding diaryl/α,β-unsaturated/α-hetero) is 1. The number of hydrogen-bond acceptors (Lipinski definition) is 4. The molecule has 20 heavy (non-hydrogen) atoms. The summed E-state index contributed by atoms with van der Waals surface area (Å²) in [6.07, 6.45) is 0. The van der Waals surface area contributed by atoms with Crippen molar-refractivity contribution in [1.82, 2.24) is 4.90 Å². The molecule has 0 aliphatic carbocycles. The second-order valence-electron chi connectivity index (χ2n) is 4.60. The molecule has 1 N–H and O–H groups in total. The van der Waals surface area contributed by atoms with Crippen LogP contribution in [0.3, 0.4) is 0 Å². The minimum absolute atomic E-state index is 0.0596. The van der Waals surface area contributed by atoms with E-state index in [-0.39, 0.29) is 17.1 Å². The van der Waals surface area contributed by atoms with Crippen LogP contribution in [0.15, 0.2) is 12.1 Å². The van der Waals surface area contributed by atoms with Gasteiger partial charge in [-0.25, -0.2) is 4.39 Å². The van der Waals surface area contributed by atoms with Crippen LogP contribution in [0.25, 0.3) is 0 Å². The molecule has 0 amide bonds. The second kappa shape index (κ2) is 8.27. The van der Waals surface area contributed by atoms with Crippen molar-refractivity contribution in [3.8, 4) is 5.75 Å². The summed E-state index contributed by atoms with van der Waals surface area (Å²) in [6.45, 7) is 8.55. The third-order valence-corrected chi connectivity index (χ3v) is 4.22. The highest BCUT2D eigenvalue weighted by atomic mass is 32.2. The van der Waals surface area contributed by atoms with Gasteiger partial charge in [-0.15, -0.1) is 0 Å². The lowest BCUT2D eigenvalue weighted by atomic mass is 10.1. The molecule has 112 valence electrons. The number of halogens is 1. The van der Waals surface area contributed by atoms with Crippen molar-refractivity contribution in [3.63, 3.8) is 0 Å². The van der Waals surface area contributed by atoms with E-state index >= 15 is 0 Å². The van der Waals surface area contributed by atoms with Crippen molar-refractivity contribution >= 4 is 17.5 Å². The number of rotatable bonds is 8. The van der Waals surface area contributed by atoms with Crippen LogP contribution in [-0.4, -0.2) is 41.2 Å². The summed E-state index contributed by atoms with van der Waals surface area (Å²) in [7, 11) is 0. The summed E-state index contributed by atoms with van der Waals surface area (Å²) >= 11 is 1.63. The minimum atomic E-state index is -0.479. The van der Waals surface area contributed by atoms with Gasteiger partial charge < -0.3 is 10.0 Å². The molecule has 0 heterocycles. The predicted octanol–water partition coefficient (Wildman–Crippen LogP) is 3.31. The SMILES string of the molecule is CCN(CC)CCSCc1cc(F)cc(C(C)=O)c1O. The highest BCUT2D eigenvalue weighted by molar-refractivity contribution is 7.98. The van der Waals surface area contributed by atoms with Crippen molar-refractivity contribution in [1.29, 1.82) is 0 Å². The first-order chi connectivity index (χ1) is 9.49. The van der Waals surface area contributed by atoms with E-state index in [0.717, 1.165) is 31.5 Å². The monoisotopic (exact) mass is 299 g/mol. The standard InChI is InChI=1S/C15H22FNO2S/c1-4-17(5-2)6-7-20-10-12-8-13(16)9-14(11(3)18)15(12)19/h8-9,19H,4-7,10H2,1-3H3. The van der Waals surface area contributed by atoms with Gasteiger partial charge in [0.1, 0.15) is 11.6 Å². The molecule has 0 saturated carbocycles. The number of phenols is 1. The van der Waals surface area contributed by atoms with Crippen molar-refractivity contribution in [3.05, 3.63) is 29.1 Å². The Bertz CT molecular complexity index is 461. The molecule has 0 aliphatic heterocycles. The molecule has 0 spiro atoms. The largest absolute Gasteiger partial charge is 0.507 e. The highest BCUT2D eigenvalue weighted by Crippen LogP contribution is 2.28. The molecule has 5 heteroatoms. The number of benzene rings is 1. The normalized spacial score (nSPS) is 11.1. The molecule has 0 fully saturated rings. The van der Waals surface area contributed by atoms with E-state index in [4.69, 9.17) is 0 Å². The Kier molecular flexibility index (Phi) is 7.02. The van der Waals surface area contributed by atoms with Crippen LogP contribution in [0, 0.1) is 5.82 Å². The van der Waals surface area contributed by atoms with E-state index in [2.05, 4.69) is 18.7 Å². The Morgan fingerprint density at radius 2 is 2.00 bits per heavy atom. The molecule has 1 aromatic carbocycles. The average molecular weight is 299 g/mol. The third kappa shape index (κ3) is 4.80. The van der Waals surface area contributed by atoms with Gasteiger partial charge >= 0.3 is 0 Å². The maximum Gasteiger partial charge on any atom is 0.163 e. The molecular formula is C15H22FNO2S. The first-order valence-corrected chi connectivity index (χ1v) is 7.97. The zero-order valence-electron chi connectivity index (χ0n) is 12.3. The van der Waals surface area contributed by atoms with Gasteiger partial charge in [0.2, 0.25) is 0 Å². The number of carbonyl (C=O) groups excluding carboxylic acids is 1. The second-order valence-corrected chi connectivity index (χ2v) is 5.70. The van der Waals surface area contributed by atoms with Crippen molar-refractivity contribution in [2.24, 2.45) is 0 Å². The Morgan fingerprint density at radius 1 is 1.35 bits per heavy atom. The molecule has 0 atom stereocenters. The maximum absolute atomic E-state index is 13.4. The van der Waals surface area contributed by atoms with Crippen LogP contribution < -0.4 is 0 Å². The molecule has 3 nitrogen and oxygen atoms in total. The smallest absolute Gasteiger partial charge is 0.163 e. The van der Waals surface area contributed by atoms with E-state index in [0.29, 0.717) is 11.3 Å². The number of thioether (sulfide) groups is 1. The van der Waals surface area contributed by atoms with E-state index in [1.165, 1.54) is 13.0 Å². The lowest BCUT2D eigenvalue weighted by molar-refractivity contribution is 0.101. The fraction of sp³-hybridized carbons (Fsp3) is 0.533. The number of carbonyl (C=O) groups is 1. The summed E-state index contributed by atoms with van der Waals surface area (Å²) < 4.78 is 13.4. The molecule has 0 saturated heterocycles. The molecule has 0 unspecified atom stereocenters. The van der Waals surface area contributed by atoms with Gasteiger partial charge in [0.15, 0.2) is 5.78 Å². The number of nitrogens with zero attached hydrogens (tertiary/aromatic N) is 1. The number of hydrogen-bond donors (Lipinski definition) is 1. The minimum Gasteiger partial charge on any atom is -0.507 e. The van der Waals surface area contributed by atoms with Crippen molar-refractivity contribution in [2.75, 3.05) is 25.4 Å². The molecular weight excluding hydrogens is 277 g/mol. The summed E-state index contributed by atoms with van der Waals surface area (Å²) in [5.41, 5.74) is 0.545. The van der Waals surface area contributed by atoms with Gasteiger partial charge in [0, 0.05) is 23.6 Å². The Labute approximate surface area is 124 Å². The van der Waals surface area contributed by atoms with Crippen LogP contribution in [-0.2, 0) is 5.75 Å². The zero-order valence-corrected chi connectivity index (χ0v) is 13.1. The Balaban J connectivity index is 2.62. The van der Waals surface area contributed by atoms with Gasteiger partial charge in [0.25, 0.3) is 0 Å². The highest BCUT2D eigenvalue weighted by Gasteiger charge is 2.13. The Morgan fingerprint density at radius 3 is 2.55 bits per heavy atom. The fourth-order valence-electron chi connectivity index (χ4n) is 1.95. The van der Waals surface area contributed by atoms with Gasteiger partial charge in [-0.05, 0) is 32.1 Å². The van der Waals surface area contributed by atoms with Gasteiger partial charge in [-0.1, -0.05) is 13.8 Å². The van der Waals surface area contributed by atoms with Crippen LogP contribution >= 0.6 is 11.8 Å². The average Bonchev–Trinajstić information content (AvgIpc) is 2.42. The van der Waals surface area contributed by atoms with Crippen LogP contribution in [0.1, 0.15) is 36.7 Å². The van der Waals surface area contributed by atoms with E-state index < -0.39 is 5.82 Å². The first-order valence-electron chi connectivity index (χ1n) is 6.82. The van der Waals surface area contributed by atoms with E-state index in [9.17, 15) is 14.3 Å². The van der Waals surface area contributed by atoms with Crippen molar-refractivity contribution in [2.45, 2.75) is 26.5 Å². The van der Waals surface area contributed by atoms with Crippen LogP contribution in [0.2, 0.25) is 0 Å². The first kappa shape index (κ1) is 17.0. The molecule has 0 radical (unpaired) electrons. The fourth-order valence-corrected chi connectivity index (χ4v) is 2.92. The summed E-state index contributed by atoms with van der Waals surface area (Å²) in [5, 5.41) is 9.97. The molecule has 1 rings (SSSR count). The topological polar surface area (TPSA) is 40.5 Å². The van der Waals surface area contributed by atoms with Crippen molar-refractivity contribution < 1.29 is 14.3 Å². The molecule has 1 aromatic rings. The van der Waals surface area contributed by atoms with Crippen LogP contribution in [0.4, 0.5) is 4.39 Å². The van der Waals surface area contributed by atoms with Gasteiger partial charge in [-0.2, -0.15) is 11.8 Å². The summed E-state index contributed by atoms with van der Waals surface area (Å²) in [4.78, 5) is 13.6. The number of aromatic hydroxyl groups is 1. The summed E-state index contributed by atoms with van der Waals surface area (Å²) in [5.74, 6) is 0.524. The molecule has 0 bridgehead atoms. The van der Waals surface area contributed by atoms with Gasteiger partial charge in [-0.3, -0.25) is 4.79 Å². The number of ketones is 1. The zero-order chi connectivity index (χ0) is 15.1. The predicted molar refractivity (Wildman–Crippen MR) is 82.0 cm³/mol. The maximum atomic E-state index is 13.4. The van der Waals surface area contributed by atoms with Crippen LogP contribution in [0.5, 0.6) is 5.75 Å². The summed E-state index contributed by atoms with van der Waals surface area (Å²) in [6, 6.07) is 2.38. The Hall–Kier alpha value is -1.07. The lowest BCUT2D eigenvalue weighted by Gasteiger charge is -2.17. The van der Waals surface area contributed by atoms with Gasteiger partial charge in [0.05, 0.1) is 5.56 Å². The quantitative estimate of drug-likeness (QED) is 0.590. The van der Waals surface area contributed by atoms with E-state index in [1.807, 2.05) is 0 Å².